The predicted octanol–water partition coefficient (Wildman–Crippen LogP) is 2.67. The van der Waals surface area contributed by atoms with Crippen LogP contribution in [0.1, 0.15) is 0 Å². The summed E-state index contributed by atoms with van der Waals surface area (Å²) in [6.45, 7) is -0.149. The molecule has 0 aliphatic heterocycles. The summed E-state index contributed by atoms with van der Waals surface area (Å²) in [5.41, 5.74) is 0. The van der Waals surface area contributed by atoms with Gasteiger partial charge in [-0.25, -0.2) is 0 Å². The van der Waals surface area contributed by atoms with Crippen LogP contribution < -0.4 is 0 Å². The highest BCUT2D eigenvalue weighted by molar-refractivity contribution is 8.67. The standard InChI is InChI=1S/H5NP4/c1-4-5(2)3/h1H,2-3H2/i/hT. The van der Waals surface area contributed by atoms with E-state index in [4.69, 9.17) is 1.41 Å². The molecule has 1 N–H and O–H groups in total. The third-order valence-corrected chi connectivity index (χ3v) is 2.79. The summed E-state index contributed by atoms with van der Waals surface area (Å²) in [4.78, 5) is 0. The lowest BCUT2D eigenvalue weighted by molar-refractivity contribution is 1.66. The molecule has 5 heteroatoms. The SMILES string of the molecule is [3H]/N=P/P(P)P. The van der Waals surface area contributed by atoms with Crippen molar-refractivity contribution in [1.29, 1.82) is 5.15 Å². The molecule has 0 rings (SSSR count). The van der Waals surface area contributed by atoms with E-state index in [2.05, 4.69) is 23.0 Å². The zero-order valence-corrected chi connectivity index (χ0v) is 6.59. The van der Waals surface area contributed by atoms with Gasteiger partial charge in [-0.3, -0.25) is 5.15 Å². The van der Waals surface area contributed by atoms with Crippen molar-refractivity contribution in [2.45, 2.75) is 0 Å². The average Bonchev–Trinajstić information content (AvgIpc) is 1.35. The molecule has 0 aliphatic carbocycles. The molecule has 0 aromatic carbocycles. The van der Waals surface area contributed by atoms with Gasteiger partial charge in [-0.05, 0) is 0 Å². The summed E-state index contributed by atoms with van der Waals surface area (Å²) in [6.07, 6.45) is 0. The number of rotatable bonds is 1. The predicted molar refractivity (Wildman–Crippen MR) is 36.0 cm³/mol. The second kappa shape index (κ2) is 3.58. The summed E-state index contributed by atoms with van der Waals surface area (Å²) < 4.78 is 6.34. The molecule has 0 heterocycles. The Kier molecular flexibility index (Phi) is 3.25. The second-order valence-corrected chi connectivity index (χ2v) is 11.1. The lowest BCUT2D eigenvalue weighted by Crippen LogP contribution is -0.968. The Bertz CT molecular complexity index is 49.5. The third kappa shape index (κ3) is 5.39. The average molecular weight is 145 g/mol. The fraction of sp³-hybridized carbons (Fsp3) is 0. The minimum atomic E-state index is -0.149. The van der Waals surface area contributed by atoms with Crippen molar-refractivity contribution < 1.29 is 1.41 Å². The summed E-state index contributed by atoms with van der Waals surface area (Å²) in [6, 6.07) is 0. The van der Waals surface area contributed by atoms with Gasteiger partial charge in [0.25, 0.3) is 0 Å². The molecule has 0 amide bonds. The first kappa shape index (κ1) is 4.55. The van der Waals surface area contributed by atoms with Crippen molar-refractivity contribution >= 4 is 32.9 Å². The van der Waals surface area contributed by atoms with Crippen LogP contribution in [0.15, 0.2) is 0 Å². The van der Waals surface area contributed by atoms with E-state index >= 15 is 0 Å². The van der Waals surface area contributed by atoms with Gasteiger partial charge in [-0.1, -0.05) is 17.9 Å². The largest absolute Gasteiger partial charge is 0.279 e. The number of hydrogen-bond acceptors (Lipinski definition) is 1. The molecule has 0 aliphatic rings. The Labute approximate surface area is 40.3 Å². The quantitative estimate of drug-likeness (QED) is 0.548. The lowest BCUT2D eigenvalue weighted by Gasteiger charge is -1.81. The van der Waals surface area contributed by atoms with Gasteiger partial charge < -0.3 is 0 Å². The molecule has 0 aromatic rings. The highest BCUT2D eigenvalue weighted by Crippen LogP contribution is 2.63. The Morgan fingerprint density at radius 1 is 2.00 bits per heavy atom. The van der Waals surface area contributed by atoms with E-state index in [1.807, 2.05) is 0 Å². The molecule has 0 saturated carbocycles. The fourth-order valence-electron chi connectivity index (χ4n) is 0. The smallest absolute Gasteiger partial charge is 0.193 e. The van der Waals surface area contributed by atoms with Crippen LogP contribution in [0, 0.1) is 5.15 Å². The summed E-state index contributed by atoms with van der Waals surface area (Å²) >= 11 is 0. The van der Waals surface area contributed by atoms with Crippen LogP contribution in [0.3, 0.4) is 0 Å². The molecule has 2 unspecified atom stereocenters. The van der Waals surface area contributed by atoms with Crippen molar-refractivity contribution in [3.63, 3.8) is 0 Å². The van der Waals surface area contributed by atoms with Crippen molar-refractivity contribution in [2.24, 2.45) is 0 Å². The van der Waals surface area contributed by atoms with Crippen molar-refractivity contribution in [3.05, 3.63) is 0 Å². The molecule has 2 atom stereocenters. The Balaban J connectivity index is 3.03. The normalized spacial score (nSPS) is 13.8. The molecule has 1 nitrogen and oxygen atoms in total. The van der Waals surface area contributed by atoms with E-state index in [-0.39, 0.29) is 6.99 Å². The van der Waals surface area contributed by atoms with E-state index in [1.165, 1.54) is 0 Å². The molecule has 0 saturated heterocycles. The summed E-state index contributed by atoms with van der Waals surface area (Å²) in [7, 11) is 6.02. The maximum absolute atomic E-state index is 6.34. The molecule has 0 aromatic heterocycles. The molecule has 0 radical (unpaired) electrons. The summed E-state index contributed by atoms with van der Waals surface area (Å²) in [5, 5.41) is 3.14. The van der Waals surface area contributed by atoms with Crippen LogP contribution in [0.5, 0.6) is 0 Å². The van der Waals surface area contributed by atoms with Gasteiger partial charge in [0.1, 0.15) is 0 Å². The minimum absolute atomic E-state index is 0.149. The molecule has 5 heavy (non-hydrogen) atoms. The fourth-order valence-corrected chi connectivity index (χ4v) is 0. The van der Waals surface area contributed by atoms with Crippen LogP contribution in [0.25, 0.3) is 0 Å². The van der Waals surface area contributed by atoms with Crippen LogP contribution in [0.2, 0.25) is 1.41 Å². The van der Waals surface area contributed by atoms with Crippen molar-refractivity contribution in [2.75, 3.05) is 0 Å². The number of hydrogen-bond donors (Lipinski definition) is 1. The molecular weight excluding hydrogens is 138 g/mol. The maximum atomic E-state index is 6.34. The van der Waals surface area contributed by atoms with Gasteiger partial charge in [0, 0.05) is 15.0 Å². The first-order valence-corrected chi connectivity index (χ1v) is 7.05. The first-order chi connectivity index (χ1) is 2.77. The summed E-state index contributed by atoms with van der Waals surface area (Å²) in [5.74, 6) is 0. The van der Waals surface area contributed by atoms with E-state index in [0.717, 1.165) is 8.06 Å². The zero-order chi connectivity index (χ0) is 4.99. The van der Waals surface area contributed by atoms with Gasteiger partial charge >= 0.3 is 0 Å². The Hall–Kier alpha value is 1.39. The van der Waals surface area contributed by atoms with Crippen LogP contribution in [0.4, 0.5) is 0 Å². The van der Waals surface area contributed by atoms with Crippen LogP contribution in [-0.2, 0) is 0 Å². The maximum Gasteiger partial charge on any atom is 0.193 e. The molecule has 30 valence electrons. The molecule has 0 fully saturated rings. The van der Waals surface area contributed by atoms with Gasteiger partial charge in [-0.15, -0.1) is 0 Å². The monoisotopic (exact) mass is 145 g/mol. The van der Waals surface area contributed by atoms with Crippen LogP contribution in [-0.4, -0.2) is 0 Å². The Morgan fingerprint density at radius 3 is 2.60 bits per heavy atom. The van der Waals surface area contributed by atoms with E-state index < -0.39 is 0 Å². The van der Waals surface area contributed by atoms with Gasteiger partial charge in [0.15, 0.2) is 1.41 Å². The number of nitrogens with one attached hydrogen (secondary N) is 1. The van der Waals surface area contributed by atoms with Gasteiger partial charge in [0.2, 0.25) is 0 Å². The van der Waals surface area contributed by atoms with Crippen molar-refractivity contribution in [1.82, 2.24) is 0 Å². The third-order valence-electron chi connectivity index (χ3n) is 0.103. The van der Waals surface area contributed by atoms with E-state index in [0.29, 0.717) is 0 Å². The van der Waals surface area contributed by atoms with Gasteiger partial charge in [-0.2, -0.15) is 0 Å². The topological polar surface area (TPSA) is 23.9 Å². The lowest BCUT2D eigenvalue weighted by atomic mass is 14.0. The van der Waals surface area contributed by atoms with Crippen LogP contribution >= 0.6 is 32.9 Å². The molecule has 0 spiro atoms. The van der Waals surface area contributed by atoms with E-state index in [1.54, 1.807) is 0 Å². The van der Waals surface area contributed by atoms with Gasteiger partial charge in [0.05, 0.1) is 0 Å². The zero-order valence-electron chi connectivity index (χ0n) is 3.50. The second-order valence-electron chi connectivity index (χ2n) is 0.469. The minimum Gasteiger partial charge on any atom is -0.279 e. The molecular formula is H5NP4. The molecule has 0 bridgehead atoms. The van der Waals surface area contributed by atoms with Crippen molar-refractivity contribution in [3.8, 4) is 0 Å². The highest BCUT2D eigenvalue weighted by Gasteiger charge is 1.76. The Morgan fingerprint density at radius 2 is 2.60 bits per heavy atom. The van der Waals surface area contributed by atoms with E-state index in [9.17, 15) is 0 Å². The first-order valence-electron chi connectivity index (χ1n) is 1.36. The highest BCUT2D eigenvalue weighted by atomic mass is 32.7.